The molecule has 1 N–H and O–H groups in total. The Labute approximate surface area is 321 Å². The number of aliphatic hydroxyl groups excluding tert-OH is 1. The van der Waals surface area contributed by atoms with Gasteiger partial charge in [-0.3, -0.25) is 9.08 Å². The van der Waals surface area contributed by atoms with Gasteiger partial charge in [-0.25, -0.2) is 20.9 Å². The summed E-state index contributed by atoms with van der Waals surface area (Å²) in [6.45, 7) is 7.33. The average molecular weight is 737 g/mol. The summed E-state index contributed by atoms with van der Waals surface area (Å²) in [6.07, 6.45) is 5.63. The van der Waals surface area contributed by atoms with Gasteiger partial charge < -0.3 is 9.95 Å². The normalized spacial score (nSPS) is 12.2. The number of aliphatic hydroxyl groups is 1. The fraction of sp³-hybridized carbons (Fsp3) is 0.0870. The summed E-state index contributed by atoms with van der Waals surface area (Å²) in [5, 5.41) is 16.7. The van der Waals surface area contributed by atoms with Gasteiger partial charge in [-0.2, -0.15) is 5.10 Å². The number of hydrogen-bond donors (Lipinski definition) is 1. The molecule has 0 fully saturated rings. The van der Waals surface area contributed by atoms with E-state index in [1.807, 2.05) is 42.6 Å². The number of fused-ring (bicyclic) bond motifs is 2. The second kappa shape index (κ2) is 14.3. The van der Waals surface area contributed by atoms with Crippen LogP contribution in [0.4, 0.5) is 4.39 Å². The Balaban J connectivity index is 1.24. The summed E-state index contributed by atoms with van der Waals surface area (Å²) in [6, 6.07) is 47.8. The second-order valence-corrected chi connectivity index (χ2v) is 14.4. The van der Waals surface area contributed by atoms with Crippen molar-refractivity contribution in [3.63, 3.8) is 0 Å². The molecule has 5 aromatic carbocycles. The molecule has 0 aliphatic carbocycles. The number of pyridine rings is 1. The van der Waals surface area contributed by atoms with Gasteiger partial charge in [-0.1, -0.05) is 97.1 Å². The molecule has 0 radical (unpaired) electrons. The highest BCUT2D eigenvalue weighted by molar-refractivity contribution is 7.18. The van der Waals surface area contributed by atoms with Crippen LogP contribution < -0.4 is 0 Å². The average Bonchev–Trinajstić information content (AvgIpc) is 3.99. The van der Waals surface area contributed by atoms with Gasteiger partial charge >= 0.3 is 0 Å². The highest BCUT2D eigenvalue weighted by atomic mass is 32.1. The van der Waals surface area contributed by atoms with Crippen LogP contribution in [-0.2, 0) is 5.54 Å². The maximum Gasteiger partial charge on any atom is 0.217 e. The van der Waals surface area contributed by atoms with Crippen molar-refractivity contribution in [1.82, 2.24) is 24.1 Å². The third-order valence-corrected chi connectivity index (χ3v) is 11.2. The van der Waals surface area contributed by atoms with Crippen LogP contribution in [-0.4, -0.2) is 35.8 Å². The van der Waals surface area contributed by atoms with Crippen molar-refractivity contribution >= 4 is 27.2 Å². The van der Waals surface area contributed by atoms with Crippen LogP contribution in [0.2, 0.25) is 0 Å². The summed E-state index contributed by atoms with van der Waals surface area (Å²) in [7, 11) is 0. The Hall–Kier alpha value is -6.73. The minimum absolute atomic E-state index is 0.250. The molecule has 0 amide bonds. The van der Waals surface area contributed by atoms with E-state index >= 15 is 0 Å². The van der Waals surface area contributed by atoms with Crippen molar-refractivity contribution in [3.8, 4) is 33.6 Å². The van der Waals surface area contributed by atoms with E-state index in [1.54, 1.807) is 12.1 Å². The van der Waals surface area contributed by atoms with Crippen LogP contribution in [0, 0.1) is 12.4 Å². The zero-order chi connectivity index (χ0) is 37.4. The van der Waals surface area contributed by atoms with Crippen LogP contribution in [0.3, 0.4) is 0 Å². The number of imidazole rings is 1. The van der Waals surface area contributed by atoms with Gasteiger partial charge in [0.15, 0.2) is 0 Å². The van der Waals surface area contributed by atoms with Gasteiger partial charge in [0.2, 0.25) is 6.54 Å². The fourth-order valence-corrected chi connectivity index (χ4v) is 8.45. The molecule has 266 valence electrons. The van der Waals surface area contributed by atoms with Gasteiger partial charge in [0.1, 0.15) is 33.8 Å². The number of benzene rings is 5. The van der Waals surface area contributed by atoms with E-state index in [1.165, 1.54) is 23.5 Å². The molecule has 0 spiro atoms. The molecule has 0 unspecified atom stereocenters. The van der Waals surface area contributed by atoms with Crippen LogP contribution in [0.1, 0.15) is 34.2 Å². The molecule has 9 aromatic rings. The van der Waals surface area contributed by atoms with Crippen molar-refractivity contribution in [3.05, 3.63) is 203 Å². The zero-order valence-corrected chi connectivity index (χ0v) is 30.3. The fourth-order valence-electron chi connectivity index (χ4n) is 7.42. The lowest BCUT2D eigenvalue weighted by atomic mass is 9.77. The number of hydrogen-bond acceptors (Lipinski definition) is 5. The Kier molecular flexibility index (Phi) is 8.83. The quantitative estimate of drug-likeness (QED) is 0.112. The molecule has 9 rings (SSSR count). The van der Waals surface area contributed by atoms with Crippen molar-refractivity contribution in [2.45, 2.75) is 18.1 Å². The molecule has 0 bridgehead atoms. The lowest BCUT2D eigenvalue weighted by molar-refractivity contribution is 0.172. The molecule has 1 atom stereocenters. The third-order valence-electron chi connectivity index (χ3n) is 10.1. The Morgan fingerprint density at radius 2 is 1.36 bits per heavy atom. The van der Waals surface area contributed by atoms with Crippen LogP contribution in [0.5, 0.6) is 0 Å². The van der Waals surface area contributed by atoms with E-state index in [-0.39, 0.29) is 12.4 Å². The van der Waals surface area contributed by atoms with Gasteiger partial charge in [0.05, 0.1) is 28.5 Å². The number of rotatable bonds is 10. The smallest absolute Gasteiger partial charge is 0.217 e. The predicted octanol–water partition coefficient (Wildman–Crippen LogP) is 10.5. The first-order valence-corrected chi connectivity index (χ1v) is 18.8. The monoisotopic (exact) mass is 736 g/mol. The van der Waals surface area contributed by atoms with Crippen molar-refractivity contribution in [1.29, 1.82) is 0 Å². The molecular formula is C46H33FN6OS. The molecule has 4 aromatic heterocycles. The first-order chi connectivity index (χ1) is 27.0. The van der Waals surface area contributed by atoms with Crippen LogP contribution >= 0.6 is 11.3 Å². The molecule has 0 aliphatic heterocycles. The molecule has 0 saturated carbocycles. The van der Waals surface area contributed by atoms with E-state index in [4.69, 9.17) is 16.7 Å². The summed E-state index contributed by atoms with van der Waals surface area (Å²) >= 11 is 1.44. The van der Waals surface area contributed by atoms with E-state index in [2.05, 4.69) is 116 Å². The zero-order valence-electron chi connectivity index (χ0n) is 29.5. The van der Waals surface area contributed by atoms with E-state index in [0.717, 1.165) is 60.5 Å². The Morgan fingerprint density at radius 1 is 0.745 bits per heavy atom. The van der Waals surface area contributed by atoms with Crippen molar-refractivity contribution in [2.24, 2.45) is 0 Å². The maximum atomic E-state index is 14.4. The topological polar surface area (TPSA) is 72.6 Å². The Morgan fingerprint density at radius 3 is 2.00 bits per heavy atom. The third kappa shape index (κ3) is 6.08. The molecular weight excluding hydrogens is 704 g/mol. The van der Waals surface area contributed by atoms with Crippen molar-refractivity contribution in [2.75, 3.05) is 6.54 Å². The number of aromatic nitrogens is 5. The van der Waals surface area contributed by atoms with Gasteiger partial charge in [-0.05, 0) is 65.2 Å². The highest BCUT2D eigenvalue weighted by Gasteiger charge is 2.40. The first kappa shape index (κ1) is 34.1. The van der Waals surface area contributed by atoms with E-state index < -0.39 is 11.6 Å². The highest BCUT2D eigenvalue weighted by Crippen LogP contribution is 2.43. The minimum Gasteiger partial charge on any atom is -0.386 e. The molecule has 0 saturated heterocycles. The first-order valence-electron chi connectivity index (χ1n) is 18.0. The van der Waals surface area contributed by atoms with Gasteiger partial charge in [0, 0.05) is 34.6 Å². The summed E-state index contributed by atoms with van der Waals surface area (Å²) in [4.78, 5) is 12.8. The summed E-state index contributed by atoms with van der Waals surface area (Å²) < 4.78 is 19.4. The van der Waals surface area contributed by atoms with Crippen molar-refractivity contribution < 1.29 is 9.50 Å². The number of nitrogens with zero attached hydrogens (tertiary/aromatic N) is 6. The number of thiazole rings is 1. The second-order valence-electron chi connectivity index (χ2n) is 13.4. The lowest BCUT2D eigenvalue weighted by Gasteiger charge is -2.36. The molecule has 55 heavy (non-hydrogen) atoms. The summed E-state index contributed by atoms with van der Waals surface area (Å²) in [5.41, 5.74) is 8.97. The van der Waals surface area contributed by atoms with Gasteiger partial charge in [0.25, 0.3) is 0 Å². The standard InChI is InChI=1S/C46H33FN6OS/c1-48-26-25-41(54)45-50-39-23-19-32(27-42(39)55-45)40-28-49-43-24-20-33(29-52(40)43)38-30-53(51-44(38)31-17-21-37(47)22-18-31)46(34-11-5-2-6-12-34,35-13-7-3-8-14-35)36-15-9-4-10-16-36/h2-24,27-30,41,54H,25-26H2/t41-/m0/s1. The Bertz CT molecular complexity index is 2710. The number of halogens is 1. The van der Waals surface area contributed by atoms with E-state index in [9.17, 15) is 9.50 Å². The molecule has 4 heterocycles. The maximum absolute atomic E-state index is 14.4. The van der Waals surface area contributed by atoms with Gasteiger partial charge in [-0.15, -0.1) is 11.3 Å². The summed E-state index contributed by atoms with van der Waals surface area (Å²) in [5.74, 6) is -0.315. The predicted molar refractivity (Wildman–Crippen MR) is 216 cm³/mol. The SMILES string of the molecule is [C-]#[N+]CC[C@H](O)c1nc2ccc(-c3cnc4ccc(-c5cn(C(c6ccccc6)(c6ccccc6)c6ccccc6)nc5-c5ccc(F)cc5)cn34)cc2s1. The van der Waals surface area contributed by atoms with Crippen LogP contribution in [0.25, 0.3) is 54.4 Å². The molecule has 0 aliphatic rings. The minimum atomic E-state index is -0.854. The largest absolute Gasteiger partial charge is 0.386 e. The van der Waals surface area contributed by atoms with Crippen LogP contribution in [0.15, 0.2) is 164 Å². The molecule has 9 heteroatoms. The van der Waals surface area contributed by atoms with E-state index in [0.29, 0.717) is 17.1 Å². The molecule has 7 nitrogen and oxygen atoms in total. The lowest BCUT2D eigenvalue weighted by Crippen LogP contribution is -2.38.